The van der Waals surface area contributed by atoms with E-state index in [1.54, 1.807) is 24.3 Å². The van der Waals surface area contributed by atoms with Crippen LogP contribution in [0.5, 0.6) is 0 Å². The molecule has 130 valence electrons. The van der Waals surface area contributed by atoms with Crippen LogP contribution in [-0.2, 0) is 11.3 Å². The van der Waals surface area contributed by atoms with E-state index in [9.17, 15) is 9.59 Å². The summed E-state index contributed by atoms with van der Waals surface area (Å²) >= 11 is 0. The Labute approximate surface area is 148 Å². The van der Waals surface area contributed by atoms with Crippen LogP contribution in [0.4, 0.5) is 5.69 Å². The highest BCUT2D eigenvalue weighted by Crippen LogP contribution is 2.15. The number of anilines is 1. The van der Waals surface area contributed by atoms with Gasteiger partial charge in [-0.3, -0.25) is 14.5 Å². The van der Waals surface area contributed by atoms with Crippen LogP contribution in [0.1, 0.15) is 29.3 Å². The predicted octanol–water partition coefficient (Wildman–Crippen LogP) is 2.65. The molecule has 2 aromatic rings. The summed E-state index contributed by atoms with van der Waals surface area (Å²) in [5, 5.41) is 5.80. The Kier molecular flexibility index (Phi) is 5.46. The van der Waals surface area contributed by atoms with Gasteiger partial charge in [0.15, 0.2) is 0 Å². The third-order valence-electron chi connectivity index (χ3n) is 4.32. The van der Waals surface area contributed by atoms with Gasteiger partial charge in [0.1, 0.15) is 0 Å². The molecule has 0 bridgehead atoms. The second kappa shape index (κ2) is 7.94. The van der Waals surface area contributed by atoms with Crippen LogP contribution < -0.4 is 10.6 Å². The van der Waals surface area contributed by atoms with Gasteiger partial charge in [-0.2, -0.15) is 0 Å². The molecule has 25 heavy (non-hydrogen) atoms. The Hall–Kier alpha value is -2.66. The van der Waals surface area contributed by atoms with E-state index in [1.807, 2.05) is 6.07 Å². The van der Waals surface area contributed by atoms with Gasteiger partial charge < -0.3 is 10.6 Å². The number of likely N-dealkylation sites (tertiary alicyclic amines) is 1. The summed E-state index contributed by atoms with van der Waals surface area (Å²) in [6.07, 6.45) is 0.961. The van der Waals surface area contributed by atoms with Crippen molar-refractivity contribution in [2.45, 2.75) is 25.9 Å². The first-order valence-corrected chi connectivity index (χ1v) is 8.55. The number of hydrogen-bond acceptors (Lipinski definition) is 3. The highest BCUT2D eigenvalue weighted by Gasteiger charge is 2.24. The maximum Gasteiger partial charge on any atom is 0.251 e. The van der Waals surface area contributed by atoms with Gasteiger partial charge in [0.25, 0.3) is 5.91 Å². The maximum absolute atomic E-state index is 12.4. The summed E-state index contributed by atoms with van der Waals surface area (Å²) in [6, 6.07) is 17.5. The minimum absolute atomic E-state index is 0.0686. The molecule has 0 aliphatic carbocycles. The lowest BCUT2D eigenvalue weighted by Crippen LogP contribution is -2.36. The van der Waals surface area contributed by atoms with Crippen molar-refractivity contribution in [3.63, 3.8) is 0 Å². The van der Waals surface area contributed by atoms with Gasteiger partial charge in [-0.1, -0.05) is 30.3 Å². The summed E-state index contributed by atoms with van der Waals surface area (Å²) in [5.74, 6) is -0.192. The van der Waals surface area contributed by atoms with Gasteiger partial charge in [-0.25, -0.2) is 0 Å². The minimum atomic E-state index is -0.123. The zero-order chi connectivity index (χ0) is 17.6. The molecule has 2 aromatic carbocycles. The van der Waals surface area contributed by atoms with Crippen molar-refractivity contribution in [3.8, 4) is 0 Å². The summed E-state index contributed by atoms with van der Waals surface area (Å²) in [5.41, 5.74) is 2.60. The third-order valence-corrected chi connectivity index (χ3v) is 4.32. The Morgan fingerprint density at radius 1 is 1.08 bits per heavy atom. The van der Waals surface area contributed by atoms with Crippen LogP contribution in [-0.4, -0.2) is 35.8 Å². The molecule has 1 aliphatic rings. The van der Waals surface area contributed by atoms with Crippen molar-refractivity contribution in [1.29, 1.82) is 0 Å². The van der Waals surface area contributed by atoms with Crippen LogP contribution in [0.3, 0.4) is 0 Å². The summed E-state index contributed by atoms with van der Waals surface area (Å²) < 4.78 is 0. The number of carbonyl (C=O) groups excluding carboxylic acids is 2. The van der Waals surface area contributed by atoms with Gasteiger partial charge in [-0.05, 0) is 36.2 Å². The fourth-order valence-electron chi connectivity index (χ4n) is 3.11. The van der Waals surface area contributed by atoms with Gasteiger partial charge >= 0.3 is 0 Å². The van der Waals surface area contributed by atoms with Crippen molar-refractivity contribution in [2.75, 3.05) is 18.4 Å². The van der Waals surface area contributed by atoms with E-state index in [2.05, 4.69) is 39.8 Å². The predicted molar refractivity (Wildman–Crippen MR) is 98.3 cm³/mol. The second-order valence-electron chi connectivity index (χ2n) is 6.44. The summed E-state index contributed by atoms with van der Waals surface area (Å²) in [7, 11) is 0. The highest BCUT2D eigenvalue weighted by molar-refractivity contribution is 5.95. The Morgan fingerprint density at radius 2 is 1.80 bits per heavy atom. The number of carbonyl (C=O) groups is 2. The molecule has 2 amide bonds. The van der Waals surface area contributed by atoms with E-state index >= 15 is 0 Å². The number of amides is 2. The summed E-state index contributed by atoms with van der Waals surface area (Å²) in [6.45, 7) is 4.23. The molecule has 5 nitrogen and oxygen atoms in total. The van der Waals surface area contributed by atoms with Crippen LogP contribution in [0.25, 0.3) is 0 Å². The average molecular weight is 337 g/mol. The quantitative estimate of drug-likeness (QED) is 0.882. The smallest absolute Gasteiger partial charge is 0.251 e. The first-order chi connectivity index (χ1) is 12.1. The average Bonchev–Trinajstić information content (AvgIpc) is 3.02. The fraction of sp³-hybridized carbons (Fsp3) is 0.300. The van der Waals surface area contributed by atoms with Crippen molar-refractivity contribution in [1.82, 2.24) is 10.2 Å². The molecule has 1 saturated heterocycles. The van der Waals surface area contributed by atoms with Crippen molar-refractivity contribution in [2.24, 2.45) is 0 Å². The number of benzene rings is 2. The molecule has 3 rings (SSSR count). The topological polar surface area (TPSA) is 61.4 Å². The molecule has 0 saturated carbocycles. The van der Waals surface area contributed by atoms with Crippen molar-refractivity contribution in [3.05, 3.63) is 65.7 Å². The molecular weight excluding hydrogens is 314 g/mol. The van der Waals surface area contributed by atoms with Gasteiger partial charge in [-0.15, -0.1) is 0 Å². The van der Waals surface area contributed by atoms with E-state index in [0.717, 1.165) is 26.1 Å². The van der Waals surface area contributed by atoms with Crippen LogP contribution in [0, 0.1) is 0 Å². The monoisotopic (exact) mass is 337 g/mol. The van der Waals surface area contributed by atoms with Gasteiger partial charge in [0, 0.05) is 43.9 Å². The molecule has 0 aromatic heterocycles. The molecule has 5 heteroatoms. The molecule has 1 aliphatic heterocycles. The Balaban J connectivity index is 1.51. The molecule has 0 radical (unpaired) electrons. The fourth-order valence-corrected chi connectivity index (χ4v) is 3.11. The van der Waals surface area contributed by atoms with E-state index < -0.39 is 0 Å². The van der Waals surface area contributed by atoms with Crippen LogP contribution >= 0.6 is 0 Å². The Morgan fingerprint density at radius 3 is 2.48 bits per heavy atom. The number of nitrogens with zero attached hydrogens (tertiary/aromatic N) is 1. The van der Waals surface area contributed by atoms with Crippen LogP contribution in [0.15, 0.2) is 54.6 Å². The normalized spacial score (nSPS) is 17.2. The Bertz CT molecular complexity index is 728. The van der Waals surface area contributed by atoms with Crippen molar-refractivity contribution >= 4 is 17.5 Å². The molecule has 0 spiro atoms. The van der Waals surface area contributed by atoms with Gasteiger partial charge in [0.05, 0.1) is 0 Å². The van der Waals surface area contributed by atoms with Crippen LogP contribution in [0.2, 0.25) is 0 Å². The lowest BCUT2D eigenvalue weighted by Gasteiger charge is -2.17. The number of rotatable bonds is 5. The highest BCUT2D eigenvalue weighted by atomic mass is 16.2. The lowest BCUT2D eigenvalue weighted by atomic mass is 10.1. The minimum Gasteiger partial charge on any atom is -0.348 e. The van der Waals surface area contributed by atoms with E-state index in [1.165, 1.54) is 12.5 Å². The zero-order valence-corrected chi connectivity index (χ0v) is 14.4. The zero-order valence-electron chi connectivity index (χ0n) is 14.4. The maximum atomic E-state index is 12.4. The third kappa shape index (κ3) is 4.90. The molecule has 2 N–H and O–H groups in total. The standard InChI is InChI=1S/C20H23N3O2/c1-15(24)21-18-9-7-17(8-10-18)20(25)22-19-11-12-23(14-19)13-16-5-3-2-4-6-16/h2-10,19H,11-14H2,1H3,(H,21,24)(H,22,25)/t19-/m0/s1. The molecule has 1 atom stereocenters. The van der Waals surface area contributed by atoms with E-state index in [4.69, 9.17) is 0 Å². The van der Waals surface area contributed by atoms with E-state index in [-0.39, 0.29) is 17.9 Å². The first kappa shape index (κ1) is 17.2. The SMILES string of the molecule is CC(=O)Nc1ccc(C(=O)N[C@H]2CCN(Cc3ccccc3)C2)cc1. The number of nitrogens with one attached hydrogen (secondary N) is 2. The molecule has 1 fully saturated rings. The van der Waals surface area contributed by atoms with E-state index in [0.29, 0.717) is 11.3 Å². The molecule has 0 unspecified atom stereocenters. The second-order valence-corrected chi connectivity index (χ2v) is 6.44. The summed E-state index contributed by atoms with van der Waals surface area (Å²) in [4.78, 5) is 25.8. The molecule has 1 heterocycles. The first-order valence-electron chi connectivity index (χ1n) is 8.55. The largest absolute Gasteiger partial charge is 0.348 e. The van der Waals surface area contributed by atoms with Crippen molar-refractivity contribution < 1.29 is 9.59 Å². The lowest BCUT2D eigenvalue weighted by molar-refractivity contribution is -0.114. The number of hydrogen-bond donors (Lipinski definition) is 2. The van der Waals surface area contributed by atoms with Gasteiger partial charge in [0.2, 0.25) is 5.91 Å². The molecular formula is C20H23N3O2.